The molecule has 0 heterocycles. The van der Waals surface area contributed by atoms with Gasteiger partial charge in [-0.05, 0) is 32.5 Å². The predicted molar refractivity (Wildman–Crippen MR) is 46.0 cm³/mol. The lowest BCUT2D eigenvalue weighted by Gasteiger charge is -2.29. The number of hydrogen-bond donors (Lipinski definition) is 1. The van der Waals surface area contributed by atoms with Gasteiger partial charge in [0.05, 0.1) is 0 Å². The zero-order chi connectivity index (χ0) is 8.20. The molecule has 2 heteroatoms. The summed E-state index contributed by atoms with van der Waals surface area (Å²) in [6.07, 6.45) is 1.15. The highest BCUT2D eigenvalue weighted by molar-refractivity contribution is 4.75. The van der Waals surface area contributed by atoms with Crippen LogP contribution in [0.15, 0.2) is 0 Å². The molecule has 0 saturated carbocycles. The van der Waals surface area contributed by atoms with E-state index in [-0.39, 0.29) is 0 Å². The lowest BCUT2D eigenvalue weighted by atomic mass is 9.87. The van der Waals surface area contributed by atoms with Gasteiger partial charge in [0.15, 0.2) is 0 Å². The average molecular weight is 144 g/mol. The van der Waals surface area contributed by atoms with Crippen LogP contribution in [0.1, 0.15) is 20.3 Å². The van der Waals surface area contributed by atoms with E-state index in [9.17, 15) is 0 Å². The van der Waals surface area contributed by atoms with Crippen LogP contribution in [-0.4, -0.2) is 32.1 Å². The molecule has 0 bridgehead atoms. The van der Waals surface area contributed by atoms with Crippen molar-refractivity contribution in [3.05, 3.63) is 0 Å². The quantitative estimate of drug-likeness (QED) is 0.636. The van der Waals surface area contributed by atoms with Crippen LogP contribution in [0.25, 0.3) is 0 Å². The molecule has 0 spiro atoms. The smallest absolute Gasteiger partial charge is 0.00412 e. The van der Waals surface area contributed by atoms with Crippen LogP contribution in [-0.2, 0) is 0 Å². The van der Waals surface area contributed by atoms with Crippen molar-refractivity contribution in [2.75, 3.05) is 27.2 Å². The highest BCUT2D eigenvalue weighted by Crippen LogP contribution is 2.19. The third kappa shape index (κ3) is 3.18. The maximum Gasteiger partial charge on any atom is 0.00412 e. The summed E-state index contributed by atoms with van der Waals surface area (Å²) < 4.78 is 0. The van der Waals surface area contributed by atoms with Gasteiger partial charge in [-0.15, -0.1) is 0 Å². The van der Waals surface area contributed by atoms with E-state index in [1.54, 1.807) is 0 Å². The molecular formula is C8H20N2. The van der Waals surface area contributed by atoms with Crippen LogP contribution in [0.4, 0.5) is 0 Å². The lowest BCUT2D eigenvalue weighted by Crippen LogP contribution is -2.36. The van der Waals surface area contributed by atoms with Gasteiger partial charge in [0.1, 0.15) is 0 Å². The molecule has 0 aliphatic carbocycles. The van der Waals surface area contributed by atoms with Crippen LogP contribution < -0.4 is 5.73 Å². The highest BCUT2D eigenvalue weighted by Gasteiger charge is 2.20. The third-order valence-corrected chi connectivity index (χ3v) is 2.04. The summed E-state index contributed by atoms with van der Waals surface area (Å²) in [5.74, 6) is 0. The van der Waals surface area contributed by atoms with Gasteiger partial charge >= 0.3 is 0 Å². The Hall–Kier alpha value is -0.0800. The van der Waals surface area contributed by atoms with Crippen molar-refractivity contribution in [1.82, 2.24) is 4.90 Å². The van der Waals surface area contributed by atoms with Gasteiger partial charge < -0.3 is 10.6 Å². The van der Waals surface area contributed by atoms with Gasteiger partial charge in [0, 0.05) is 6.54 Å². The maximum atomic E-state index is 5.64. The van der Waals surface area contributed by atoms with Gasteiger partial charge in [-0.25, -0.2) is 0 Å². The molecule has 62 valence electrons. The van der Waals surface area contributed by atoms with Crippen LogP contribution >= 0.6 is 0 Å². The van der Waals surface area contributed by atoms with Crippen LogP contribution in [0.5, 0.6) is 0 Å². The predicted octanol–water partition coefficient (Wildman–Crippen LogP) is 0.923. The first-order valence-electron chi connectivity index (χ1n) is 3.89. The number of nitrogens with zero attached hydrogens (tertiary/aromatic N) is 1. The summed E-state index contributed by atoms with van der Waals surface area (Å²) in [6.45, 7) is 6.28. The van der Waals surface area contributed by atoms with Crippen molar-refractivity contribution in [1.29, 1.82) is 0 Å². The second-order valence-corrected chi connectivity index (χ2v) is 3.61. The average Bonchev–Trinajstić information content (AvgIpc) is 1.87. The van der Waals surface area contributed by atoms with E-state index in [1.807, 2.05) is 0 Å². The van der Waals surface area contributed by atoms with E-state index < -0.39 is 0 Å². The van der Waals surface area contributed by atoms with Gasteiger partial charge in [-0.3, -0.25) is 0 Å². The lowest BCUT2D eigenvalue weighted by molar-refractivity contribution is 0.218. The summed E-state index contributed by atoms with van der Waals surface area (Å²) in [6, 6.07) is 0. The number of hydrogen-bond acceptors (Lipinski definition) is 2. The molecule has 0 fully saturated rings. The van der Waals surface area contributed by atoms with Gasteiger partial charge in [0.25, 0.3) is 0 Å². The van der Waals surface area contributed by atoms with Crippen molar-refractivity contribution < 1.29 is 0 Å². The molecule has 0 radical (unpaired) electrons. The topological polar surface area (TPSA) is 29.3 Å². The molecule has 0 aliphatic heterocycles. The first kappa shape index (κ1) is 9.92. The molecule has 2 N–H and O–H groups in total. The highest BCUT2D eigenvalue weighted by atomic mass is 15.1. The van der Waals surface area contributed by atoms with E-state index in [2.05, 4.69) is 32.8 Å². The summed E-state index contributed by atoms with van der Waals surface area (Å²) in [5.41, 5.74) is 5.95. The molecule has 1 unspecified atom stereocenters. The standard InChI is InChI=1S/C8H20N2/c1-5-8(2,6-9)7-10(3)4/h5-7,9H2,1-4H3. The fourth-order valence-electron chi connectivity index (χ4n) is 1.08. The summed E-state index contributed by atoms with van der Waals surface area (Å²) in [7, 11) is 4.17. The Labute approximate surface area is 64.4 Å². The Morgan fingerprint density at radius 3 is 2.00 bits per heavy atom. The molecule has 0 saturated heterocycles. The Balaban J connectivity index is 3.80. The Morgan fingerprint density at radius 1 is 1.40 bits per heavy atom. The first-order chi connectivity index (χ1) is 4.54. The summed E-state index contributed by atoms with van der Waals surface area (Å²) in [5, 5.41) is 0. The summed E-state index contributed by atoms with van der Waals surface area (Å²) >= 11 is 0. The molecule has 10 heavy (non-hydrogen) atoms. The monoisotopic (exact) mass is 144 g/mol. The van der Waals surface area contributed by atoms with Crippen LogP contribution in [0, 0.1) is 5.41 Å². The van der Waals surface area contributed by atoms with Gasteiger partial charge in [-0.1, -0.05) is 13.8 Å². The minimum Gasteiger partial charge on any atom is -0.330 e. The zero-order valence-corrected chi connectivity index (χ0v) is 7.65. The van der Waals surface area contributed by atoms with Crippen molar-refractivity contribution >= 4 is 0 Å². The molecule has 0 amide bonds. The van der Waals surface area contributed by atoms with Crippen LogP contribution in [0.3, 0.4) is 0 Å². The molecule has 0 aliphatic rings. The fraction of sp³-hybridized carbons (Fsp3) is 1.00. The zero-order valence-electron chi connectivity index (χ0n) is 7.65. The number of rotatable bonds is 4. The SMILES string of the molecule is CCC(C)(CN)CN(C)C. The molecule has 0 aromatic rings. The van der Waals surface area contributed by atoms with E-state index in [4.69, 9.17) is 5.73 Å². The maximum absolute atomic E-state index is 5.64. The first-order valence-corrected chi connectivity index (χ1v) is 3.89. The van der Waals surface area contributed by atoms with Gasteiger partial charge in [-0.2, -0.15) is 0 Å². The molecule has 0 rings (SSSR count). The van der Waals surface area contributed by atoms with Crippen molar-refractivity contribution in [2.45, 2.75) is 20.3 Å². The Kier molecular flexibility index (Phi) is 3.91. The van der Waals surface area contributed by atoms with E-state index in [1.165, 1.54) is 0 Å². The fourth-order valence-corrected chi connectivity index (χ4v) is 1.08. The molecular weight excluding hydrogens is 124 g/mol. The second-order valence-electron chi connectivity index (χ2n) is 3.61. The van der Waals surface area contributed by atoms with E-state index in [0.717, 1.165) is 19.5 Å². The number of nitrogens with two attached hydrogens (primary N) is 1. The largest absolute Gasteiger partial charge is 0.330 e. The second kappa shape index (κ2) is 3.94. The minimum atomic E-state index is 0.309. The molecule has 1 atom stereocenters. The Morgan fingerprint density at radius 2 is 1.90 bits per heavy atom. The summed E-state index contributed by atoms with van der Waals surface area (Å²) in [4.78, 5) is 2.19. The van der Waals surface area contributed by atoms with Crippen molar-refractivity contribution in [3.8, 4) is 0 Å². The van der Waals surface area contributed by atoms with Gasteiger partial charge in [0.2, 0.25) is 0 Å². The minimum absolute atomic E-state index is 0.309. The molecule has 0 aromatic carbocycles. The van der Waals surface area contributed by atoms with Crippen molar-refractivity contribution in [3.63, 3.8) is 0 Å². The van der Waals surface area contributed by atoms with E-state index in [0.29, 0.717) is 5.41 Å². The Bertz CT molecular complexity index is 85.3. The van der Waals surface area contributed by atoms with Crippen LogP contribution in [0.2, 0.25) is 0 Å². The molecule has 0 aromatic heterocycles. The van der Waals surface area contributed by atoms with E-state index >= 15 is 0 Å². The van der Waals surface area contributed by atoms with Crippen molar-refractivity contribution in [2.24, 2.45) is 11.1 Å². The third-order valence-electron chi connectivity index (χ3n) is 2.04. The molecule has 2 nitrogen and oxygen atoms in total. The normalized spacial score (nSPS) is 17.4.